The molecule has 7 aromatic carbocycles. The molecule has 19 nitrogen and oxygen atoms in total. The second-order valence-electron chi connectivity index (χ2n) is 22.8. The number of benzene rings is 7. The van der Waals surface area contributed by atoms with Crippen molar-refractivity contribution >= 4 is 38.3 Å². The van der Waals surface area contributed by atoms with Gasteiger partial charge in [0.2, 0.25) is 5.91 Å². The Morgan fingerprint density at radius 1 is 0.585 bits per heavy atom. The predicted octanol–water partition coefficient (Wildman–Crippen LogP) is 12.7. The van der Waals surface area contributed by atoms with Gasteiger partial charge in [0, 0.05) is 38.1 Å². The van der Waals surface area contributed by atoms with E-state index < -0.39 is 74.8 Å². The van der Waals surface area contributed by atoms with E-state index in [9.17, 15) is 29.5 Å². The summed E-state index contributed by atoms with van der Waals surface area (Å²) >= 11 is 0. The lowest BCUT2D eigenvalue weighted by Crippen LogP contribution is -2.52. The molecule has 1 fully saturated rings. The first-order chi connectivity index (χ1) is 45.6. The fourth-order valence-electron chi connectivity index (χ4n) is 11.1. The molecule has 2 unspecified atom stereocenters. The summed E-state index contributed by atoms with van der Waals surface area (Å²) in [6, 6.07) is 59.0. The third kappa shape index (κ3) is 19.4. The number of unbranched alkanes of at least 4 members (excludes halogenated alkanes) is 1. The van der Waals surface area contributed by atoms with Gasteiger partial charge in [-0.1, -0.05) is 127 Å². The minimum Gasteiger partial charge on any atom is -0.497 e. The van der Waals surface area contributed by atoms with Crippen molar-refractivity contribution in [2.24, 2.45) is 0 Å². The molecule has 494 valence electrons. The average Bonchev–Trinajstić information content (AvgIpc) is 0.813. The second-order valence-corrected chi connectivity index (χ2v) is 24.2. The van der Waals surface area contributed by atoms with Gasteiger partial charge in [0.1, 0.15) is 23.2 Å². The number of nitriles is 1. The number of rotatable bonds is 35. The average molecular weight is 1300 g/mol. The highest BCUT2D eigenvalue weighted by molar-refractivity contribution is 7.44. The highest BCUT2D eigenvalue weighted by Crippen LogP contribution is 2.49. The van der Waals surface area contributed by atoms with Gasteiger partial charge in [0.05, 0.1) is 80.9 Å². The number of aliphatic hydroxyl groups excluding tert-OH is 1. The van der Waals surface area contributed by atoms with E-state index in [1.54, 1.807) is 104 Å². The number of amides is 1. The topological polar surface area (TPSA) is 228 Å². The molecule has 94 heavy (non-hydrogen) atoms. The Morgan fingerprint density at radius 3 is 1.52 bits per heavy atom. The Labute approximate surface area is 551 Å². The van der Waals surface area contributed by atoms with E-state index in [1.165, 1.54) is 36.4 Å². The number of aliphatic hydroxyl groups is 1. The molecule has 1 aliphatic rings. The fraction of sp³-hybridized carbons (Fsp3) is 0.351. The minimum atomic E-state index is -2.05. The zero-order valence-corrected chi connectivity index (χ0v) is 54.7. The minimum absolute atomic E-state index is 0.0178. The number of carbonyl (C=O) groups is 5. The van der Waals surface area contributed by atoms with Gasteiger partial charge in [-0.05, 0) is 136 Å². The van der Waals surface area contributed by atoms with Crippen LogP contribution in [0.2, 0.25) is 0 Å². The third-order valence-electron chi connectivity index (χ3n) is 15.7. The number of likely N-dealkylation sites (tertiary alicyclic amines) is 1. The van der Waals surface area contributed by atoms with Crippen LogP contribution in [0.1, 0.15) is 124 Å². The van der Waals surface area contributed by atoms with E-state index in [0.29, 0.717) is 17.9 Å². The van der Waals surface area contributed by atoms with Crippen molar-refractivity contribution in [3.05, 3.63) is 239 Å². The zero-order valence-electron chi connectivity index (χ0n) is 53.8. The van der Waals surface area contributed by atoms with Crippen molar-refractivity contribution in [3.8, 4) is 17.6 Å². The summed E-state index contributed by atoms with van der Waals surface area (Å²) in [6.07, 6.45) is -7.13. The standard InChI is InChI=1S/C74H82N3O16P/c1-52(2)77(53(3)4)94(89-47-24-45-75)93-64-49-61(51-88-74(58-33-20-11-21-34-58,59-36-40-62(84-5)41-37-59)60-38-42-63(85-6)43-39-60)76(50-64)66(78)35-22-23-46-86-73(83)68(92-72(82)57-31-18-10-19-32-57)67(91-71(81)56-29-16-9-17-30-56)65(90-70(80)55-27-14-8-15-28-55)44-48-87-69(79)54-25-12-7-13-26-54/h7-21,25-34,36-43,52-53,61,64-65,67-68,73,83H,22-24,35,44,46-51H2,1-6H3/t61-,64+,65+,67-,68?,73+,94?/m0/s1. The quantitative estimate of drug-likeness (QED) is 0.00972. The van der Waals surface area contributed by atoms with Crippen LogP contribution in [0.3, 0.4) is 0 Å². The van der Waals surface area contributed by atoms with Crippen molar-refractivity contribution in [3.63, 3.8) is 0 Å². The third-order valence-corrected chi connectivity index (χ3v) is 17.9. The number of methoxy groups -OCH3 is 2. The molecule has 0 saturated carbocycles. The molecule has 1 heterocycles. The number of hydrogen-bond donors (Lipinski definition) is 1. The van der Waals surface area contributed by atoms with E-state index in [1.807, 2.05) is 78.9 Å². The molecule has 0 aliphatic carbocycles. The van der Waals surface area contributed by atoms with Gasteiger partial charge in [-0.2, -0.15) is 5.26 Å². The molecule has 1 saturated heterocycles. The van der Waals surface area contributed by atoms with Crippen molar-refractivity contribution in [2.75, 3.05) is 47.2 Å². The first kappa shape index (κ1) is 71.0. The molecule has 7 aromatic rings. The molecule has 8 rings (SSSR count). The Balaban J connectivity index is 1.07. The van der Waals surface area contributed by atoms with Gasteiger partial charge in [-0.15, -0.1) is 0 Å². The molecule has 0 bridgehead atoms. The van der Waals surface area contributed by atoms with Crippen LogP contribution in [0.25, 0.3) is 0 Å². The molecule has 0 spiro atoms. The SMILES string of the molecule is COc1ccc(C(OC[C@@H]2C[C@@H](OP(OCCC#N)N(C(C)C)C(C)C)CN2C(=O)CCCCO[C@@H](O)C(OC(=O)c2ccccc2)[C@@H](OC(=O)c2ccccc2)[C@@H](CCOC(=O)c2ccccc2)OC(=O)c2ccccc2)(c2ccccc2)c2ccc(OC)cc2)cc1. The smallest absolute Gasteiger partial charge is 0.338 e. The van der Waals surface area contributed by atoms with E-state index in [4.69, 9.17) is 46.9 Å². The first-order valence-corrected chi connectivity index (χ1v) is 32.6. The summed E-state index contributed by atoms with van der Waals surface area (Å²) in [5, 5.41) is 21.8. The summed E-state index contributed by atoms with van der Waals surface area (Å²) in [6.45, 7) is 8.05. The van der Waals surface area contributed by atoms with Crippen LogP contribution in [0, 0.1) is 11.3 Å². The fourth-order valence-corrected chi connectivity index (χ4v) is 12.8. The zero-order chi connectivity index (χ0) is 66.8. The Hall–Kier alpha value is -8.83. The second kappa shape index (κ2) is 36.0. The van der Waals surface area contributed by atoms with Gasteiger partial charge >= 0.3 is 23.9 Å². The summed E-state index contributed by atoms with van der Waals surface area (Å²) in [4.78, 5) is 72.4. The predicted molar refractivity (Wildman–Crippen MR) is 353 cm³/mol. The van der Waals surface area contributed by atoms with Crippen molar-refractivity contribution in [1.29, 1.82) is 5.26 Å². The lowest BCUT2D eigenvalue weighted by atomic mass is 9.80. The van der Waals surface area contributed by atoms with Crippen molar-refractivity contribution in [1.82, 2.24) is 9.57 Å². The van der Waals surface area contributed by atoms with Crippen molar-refractivity contribution in [2.45, 2.75) is 121 Å². The van der Waals surface area contributed by atoms with Gasteiger partial charge in [0.25, 0.3) is 8.53 Å². The van der Waals surface area contributed by atoms with Gasteiger partial charge in [-0.25, -0.2) is 23.8 Å². The Bertz CT molecular complexity index is 3460. The Morgan fingerprint density at radius 2 is 1.04 bits per heavy atom. The lowest BCUT2D eigenvalue weighted by Gasteiger charge is -2.38. The van der Waals surface area contributed by atoms with E-state index >= 15 is 4.79 Å². The first-order valence-electron chi connectivity index (χ1n) is 31.5. The van der Waals surface area contributed by atoms with Crippen LogP contribution in [0.5, 0.6) is 11.5 Å². The van der Waals surface area contributed by atoms with Gasteiger partial charge in [-0.3, -0.25) is 4.79 Å². The van der Waals surface area contributed by atoms with E-state index in [2.05, 4.69) is 38.4 Å². The molecule has 1 N–H and O–H groups in total. The molecule has 1 amide bonds. The number of esters is 4. The molecule has 0 aromatic heterocycles. The highest BCUT2D eigenvalue weighted by atomic mass is 31.2. The summed E-state index contributed by atoms with van der Waals surface area (Å²) in [5.74, 6) is -2.31. The number of hydrogen-bond acceptors (Lipinski definition) is 18. The van der Waals surface area contributed by atoms with Gasteiger partial charge < -0.3 is 56.9 Å². The van der Waals surface area contributed by atoms with E-state index in [-0.39, 0.29) is 105 Å². The maximum atomic E-state index is 15.0. The largest absolute Gasteiger partial charge is 0.497 e. The summed E-state index contributed by atoms with van der Waals surface area (Å²) in [5.41, 5.74) is 1.76. The molecule has 7 atom stereocenters. The van der Waals surface area contributed by atoms with Crippen LogP contribution >= 0.6 is 8.53 Å². The summed E-state index contributed by atoms with van der Waals surface area (Å²) in [7, 11) is 1.52. The van der Waals surface area contributed by atoms with Crippen molar-refractivity contribution < 1.29 is 76.0 Å². The molecular formula is C74H82N3O16P. The van der Waals surface area contributed by atoms with Crippen LogP contribution in [-0.2, 0) is 47.9 Å². The molecule has 20 heteroatoms. The Kier molecular flexibility index (Phi) is 27.2. The van der Waals surface area contributed by atoms with Gasteiger partial charge in [0.15, 0.2) is 18.5 Å². The monoisotopic (exact) mass is 1300 g/mol. The molecule has 1 aliphatic heterocycles. The van der Waals surface area contributed by atoms with Crippen LogP contribution in [0.4, 0.5) is 0 Å². The summed E-state index contributed by atoms with van der Waals surface area (Å²) < 4.78 is 64.2. The maximum absolute atomic E-state index is 15.0. The lowest BCUT2D eigenvalue weighted by molar-refractivity contribution is -0.204. The number of ether oxygens (including phenoxy) is 8. The van der Waals surface area contributed by atoms with E-state index in [0.717, 1.165) is 16.7 Å². The normalized spacial score (nSPS) is 15.5. The maximum Gasteiger partial charge on any atom is 0.338 e. The highest BCUT2D eigenvalue weighted by Gasteiger charge is 2.46. The molecule has 0 radical (unpaired) electrons. The van der Waals surface area contributed by atoms with Crippen LogP contribution in [-0.4, -0.2) is 140 Å². The molecular weight excluding hydrogens is 1220 g/mol. The van der Waals surface area contributed by atoms with Crippen LogP contribution in [0.15, 0.2) is 200 Å². The van der Waals surface area contributed by atoms with Crippen LogP contribution < -0.4 is 9.47 Å². The number of carbonyl (C=O) groups excluding carboxylic acids is 5. The number of nitrogens with zero attached hydrogens (tertiary/aromatic N) is 3.